The van der Waals surface area contributed by atoms with Crippen LogP contribution in [0.3, 0.4) is 0 Å². The highest BCUT2D eigenvalue weighted by Gasteiger charge is 2.09. The molecule has 1 atom stereocenters. The first-order valence-electron chi connectivity index (χ1n) is 12.1. The van der Waals surface area contributed by atoms with E-state index in [0.29, 0.717) is 0 Å². The fourth-order valence-corrected chi connectivity index (χ4v) is 4.53. The summed E-state index contributed by atoms with van der Waals surface area (Å²) < 4.78 is 4.47. The Kier molecular flexibility index (Phi) is 8.04. The topological polar surface area (TPSA) is 7.76 Å². The van der Waals surface area contributed by atoms with Gasteiger partial charge in [0.2, 0.25) is 5.69 Å². The largest absolute Gasteiger partial charge is 0.210 e. The van der Waals surface area contributed by atoms with Crippen LogP contribution in [0.4, 0.5) is 0 Å². The third-order valence-electron chi connectivity index (χ3n) is 6.46. The van der Waals surface area contributed by atoms with Crippen LogP contribution in [-0.4, -0.2) is 0 Å². The fourth-order valence-electron chi connectivity index (χ4n) is 4.53. The number of unbranched alkanes of at least 4 members (excludes halogenated alkanes) is 5. The van der Waals surface area contributed by atoms with Crippen LogP contribution in [-0.2, 0) is 6.54 Å². The summed E-state index contributed by atoms with van der Waals surface area (Å²) in [5, 5.41) is 0. The van der Waals surface area contributed by atoms with Gasteiger partial charge in [0.05, 0.1) is 0 Å². The molecule has 3 aromatic rings. The molecule has 0 amide bonds. The average molecular weight is 413 g/mol. The Bertz CT molecular complexity index is 927. The number of para-hydroxylation sites is 1. The Hall–Kier alpha value is -2.74. The molecule has 0 saturated heterocycles. The molecule has 0 bridgehead atoms. The van der Waals surface area contributed by atoms with E-state index in [-0.39, 0.29) is 0 Å². The van der Waals surface area contributed by atoms with Crippen LogP contribution in [0.15, 0.2) is 91.5 Å². The van der Waals surface area contributed by atoms with Crippen molar-refractivity contribution in [3.63, 3.8) is 0 Å². The molecule has 2 aromatic heterocycles. The highest BCUT2D eigenvalue weighted by Crippen LogP contribution is 2.23. The molecule has 0 N–H and O–H groups in total. The van der Waals surface area contributed by atoms with Crippen molar-refractivity contribution in [1.82, 2.24) is 0 Å². The normalized spacial score (nSPS) is 15.4. The van der Waals surface area contributed by atoms with Gasteiger partial charge in [-0.15, -0.1) is 0 Å². The van der Waals surface area contributed by atoms with Crippen LogP contribution >= 0.6 is 0 Å². The van der Waals surface area contributed by atoms with Crippen LogP contribution in [0, 0.1) is 5.92 Å². The van der Waals surface area contributed by atoms with E-state index in [9.17, 15) is 0 Å². The van der Waals surface area contributed by atoms with Gasteiger partial charge in [-0.3, -0.25) is 0 Å². The van der Waals surface area contributed by atoms with Crippen molar-refractivity contribution in [1.29, 1.82) is 0 Å². The highest BCUT2D eigenvalue weighted by molar-refractivity contribution is 5.61. The lowest BCUT2D eigenvalue weighted by Crippen LogP contribution is -2.32. The Morgan fingerprint density at radius 2 is 1.32 bits per heavy atom. The molecule has 1 aromatic carbocycles. The summed E-state index contributed by atoms with van der Waals surface area (Å²) in [6.07, 6.45) is 25.8. The van der Waals surface area contributed by atoms with E-state index in [4.69, 9.17) is 0 Å². The van der Waals surface area contributed by atoms with Crippen molar-refractivity contribution in [3.05, 3.63) is 91.5 Å². The Balaban J connectivity index is 1.15. The second-order valence-electron chi connectivity index (χ2n) is 8.83. The Morgan fingerprint density at radius 3 is 2.00 bits per heavy atom. The number of pyridine rings is 2. The number of allylic oxidation sites excluding steroid dienone is 2. The van der Waals surface area contributed by atoms with E-state index in [1.165, 1.54) is 74.6 Å². The standard InChI is InChI=1S/C29H36N2/c1(3-6-12-26-13-9-10-14-26)2-4-11-21-30-22-17-27(18-23-30)28-19-24-31(25-20-28)29-15-7-5-8-16-29/h5,7-9,13,15-20,22-26H,1-4,6,10-12,14,21H2/q+2/t26-/m1/s1. The van der Waals surface area contributed by atoms with Crippen molar-refractivity contribution in [3.8, 4) is 16.8 Å². The summed E-state index contributed by atoms with van der Waals surface area (Å²) >= 11 is 0. The maximum Gasteiger partial charge on any atom is 0.210 e. The van der Waals surface area contributed by atoms with Crippen molar-refractivity contribution in [2.24, 2.45) is 5.92 Å². The molecule has 0 radical (unpaired) electrons. The van der Waals surface area contributed by atoms with Crippen LogP contribution < -0.4 is 9.13 Å². The Labute approximate surface area is 187 Å². The van der Waals surface area contributed by atoms with E-state index in [2.05, 4.69) is 94.6 Å². The zero-order valence-corrected chi connectivity index (χ0v) is 18.7. The summed E-state index contributed by atoms with van der Waals surface area (Å²) in [7, 11) is 0. The number of aromatic nitrogens is 2. The minimum absolute atomic E-state index is 0.889. The molecule has 0 aliphatic heterocycles. The predicted molar refractivity (Wildman–Crippen MR) is 128 cm³/mol. The van der Waals surface area contributed by atoms with Gasteiger partial charge < -0.3 is 0 Å². The van der Waals surface area contributed by atoms with Gasteiger partial charge in [0.15, 0.2) is 24.8 Å². The quantitative estimate of drug-likeness (QED) is 0.190. The van der Waals surface area contributed by atoms with Gasteiger partial charge in [0.1, 0.15) is 6.54 Å². The van der Waals surface area contributed by atoms with Gasteiger partial charge >= 0.3 is 0 Å². The molecule has 2 heterocycles. The van der Waals surface area contributed by atoms with Crippen molar-refractivity contribution >= 4 is 0 Å². The SMILES string of the molecule is C1=C[C@@H](CCCCCCCC[n+]2ccc(-c3cc[n+](-c4ccccc4)cc3)cc2)CC1. The van der Waals surface area contributed by atoms with Crippen molar-refractivity contribution in [2.75, 3.05) is 0 Å². The molecule has 1 aliphatic carbocycles. The van der Waals surface area contributed by atoms with E-state index in [0.717, 1.165) is 12.5 Å². The lowest BCUT2D eigenvalue weighted by atomic mass is 10.00. The van der Waals surface area contributed by atoms with E-state index in [1.807, 2.05) is 6.07 Å². The molecule has 0 spiro atoms. The molecule has 31 heavy (non-hydrogen) atoms. The number of hydrogen-bond donors (Lipinski definition) is 0. The number of hydrogen-bond acceptors (Lipinski definition) is 0. The summed E-state index contributed by atoms with van der Waals surface area (Å²) in [5.41, 5.74) is 3.71. The third kappa shape index (κ3) is 6.62. The summed E-state index contributed by atoms with van der Waals surface area (Å²) in [5.74, 6) is 0.889. The number of rotatable bonds is 11. The molecular formula is C29H36N2+2. The second-order valence-corrected chi connectivity index (χ2v) is 8.83. The fraction of sp³-hybridized carbons (Fsp3) is 0.379. The molecule has 1 aliphatic rings. The van der Waals surface area contributed by atoms with Crippen molar-refractivity contribution in [2.45, 2.75) is 64.3 Å². The lowest BCUT2D eigenvalue weighted by Gasteiger charge is -2.06. The Morgan fingerprint density at radius 1 is 0.677 bits per heavy atom. The maximum atomic E-state index is 2.43. The van der Waals surface area contributed by atoms with Gasteiger partial charge in [-0.05, 0) is 42.7 Å². The molecule has 0 fully saturated rings. The minimum Gasteiger partial charge on any atom is -0.205 e. The zero-order chi connectivity index (χ0) is 21.1. The number of aryl methyl sites for hydroxylation is 1. The first-order chi connectivity index (χ1) is 15.4. The number of benzene rings is 1. The van der Waals surface area contributed by atoms with Gasteiger partial charge in [-0.2, -0.15) is 4.57 Å². The molecule has 160 valence electrons. The predicted octanol–water partition coefficient (Wildman–Crippen LogP) is 6.61. The van der Waals surface area contributed by atoms with Crippen molar-refractivity contribution < 1.29 is 9.13 Å². The third-order valence-corrected chi connectivity index (χ3v) is 6.46. The minimum atomic E-state index is 0.889. The molecule has 0 saturated carbocycles. The molecular weight excluding hydrogens is 376 g/mol. The maximum absolute atomic E-state index is 2.43. The van der Waals surface area contributed by atoms with Gasteiger partial charge in [-0.25, -0.2) is 4.57 Å². The monoisotopic (exact) mass is 412 g/mol. The summed E-state index contributed by atoms with van der Waals surface area (Å²) in [6.45, 7) is 1.12. The smallest absolute Gasteiger partial charge is 0.205 e. The van der Waals surface area contributed by atoms with Gasteiger partial charge in [-0.1, -0.05) is 56.0 Å². The van der Waals surface area contributed by atoms with E-state index in [1.54, 1.807) is 0 Å². The average Bonchev–Trinajstić information content (AvgIpc) is 3.35. The van der Waals surface area contributed by atoms with E-state index >= 15 is 0 Å². The van der Waals surface area contributed by atoms with Crippen LogP contribution in [0.2, 0.25) is 0 Å². The summed E-state index contributed by atoms with van der Waals surface area (Å²) in [4.78, 5) is 0. The number of nitrogens with zero attached hydrogens (tertiary/aromatic N) is 2. The molecule has 2 heteroatoms. The van der Waals surface area contributed by atoms with Crippen LogP contribution in [0.5, 0.6) is 0 Å². The summed E-state index contributed by atoms with van der Waals surface area (Å²) in [6, 6.07) is 19.3. The highest BCUT2D eigenvalue weighted by atomic mass is 14.9. The first-order valence-corrected chi connectivity index (χ1v) is 12.1. The lowest BCUT2D eigenvalue weighted by molar-refractivity contribution is -0.697. The molecule has 2 nitrogen and oxygen atoms in total. The second kappa shape index (κ2) is 11.6. The molecule has 4 rings (SSSR count). The molecule has 0 unspecified atom stereocenters. The van der Waals surface area contributed by atoms with Gasteiger partial charge in [0.25, 0.3) is 0 Å². The van der Waals surface area contributed by atoms with Crippen LogP contribution in [0.1, 0.15) is 57.8 Å². The van der Waals surface area contributed by atoms with Crippen LogP contribution in [0.25, 0.3) is 16.8 Å². The first kappa shape index (κ1) is 21.5. The van der Waals surface area contributed by atoms with Gasteiger partial charge in [0, 0.05) is 42.8 Å². The zero-order valence-electron chi connectivity index (χ0n) is 18.7. The van der Waals surface area contributed by atoms with E-state index < -0.39 is 0 Å².